The summed E-state index contributed by atoms with van der Waals surface area (Å²) < 4.78 is 0. The zero-order valence-corrected chi connectivity index (χ0v) is 15.8. The molecule has 1 unspecified atom stereocenters. The first-order chi connectivity index (χ1) is 12.7. The maximum absolute atomic E-state index is 12.8. The highest BCUT2D eigenvalue weighted by molar-refractivity contribution is 5.93. The average Bonchev–Trinajstić information content (AvgIpc) is 2.68. The minimum absolute atomic E-state index is 0.000363. The number of carbonyl (C=O) groups is 1. The standard InChI is InChI=1S/C22H29N3O/c1-3-24(4-2)16-10-11-17-25-21(18-12-6-5-7-13-18)19-14-8-9-15-20(19)23-22(25)26/h5-9,12-15,21H,3-4,10-11,16-17H2,1-2H3,(H,23,26). The van der Waals surface area contributed by atoms with Gasteiger partial charge in [0.1, 0.15) is 0 Å². The molecule has 0 spiro atoms. The molecule has 4 nitrogen and oxygen atoms in total. The average molecular weight is 351 g/mol. The van der Waals surface area contributed by atoms with Crippen LogP contribution in [-0.2, 0) is 0 Å². The molecule has 1 heterocycles. The highest BCUT2D eigenvalue weighted by atomic mass is 16.2. The van der Waals surface area contributed by atoms with Gasteiger partial charge in [0.05, 0.1) is 6.04 Å². The quantitative estimate of drug-likeness (QED) is 0.697. The van der Waals surface area contributed by atoms with Gasteiger partial charge in [-0.1, -0.05) is 62.4 Å². The molecule has 2 aromatic carbocycles. The first kappa shape index (κ1) is 18.5. The molecule has 0 aromatic heterocycles. The van der Waals surface area contributed by atoms with E-state index in [0.29, 0.717) is 0 Å². The molecule has 26 heavy (non-hydrogen) atoms. The maximum Gasteiger partial charge on any atom is 0.322 e. The number of rotatable bonds is 8. The number of carbonyl (C=O) groups excluding carboxylic acids is 1. The SMILES string of the molecule is CCN(CC)CCCCN1C(=O)Nc2ccccc2C1c1ccccc1. The zero-order valence-electron chi connectivity index (χ0n) is 15.8. The fourth-order valence-corrected chi connectivity index (χ4v) is 3.70. The van der Waals surface area contributed by atoms with Crippen LogP contribution >= 0.6 is 0 Å². The van der Waals surface area contributed by atoms with Gasteiger partial charge in [-0.15, -0.1) is 0 Å². The minimum atomic E-state index is -0.0189. The summed E-state index contributed by atoms with van der Waals surface area (Å²) in [5, 5.41) is 3.06. The van der Waals surface area contributed by atoms with Crippen molar-refractivity contribution in [2.45, 2.75) is 32.7 Å². The molecular formula is C22H29N3O. The fraction of sp³-hybridized carbons (Fsp3) is 0.409. The van der Waals surface area contributed by atoms with Crippen molar-refractivity contribution in [2.24, 2.45) is 0 Å². The van der Waals surface area contributed by atoms with Gasteiger partial charge in [0.15, 0.2) is 0 Å². The largest absolute Gasteiger partial charge is 0.322 e. The van der Waals surface area contributed by atoms with Gasteiger partial charge in [0, 0.05) is 17.8 Å². The van der Waals surface area contributed by atoms with Crippen LogP contribution in [0.25, 0.3) is 0 Å². The van der Waals surface area contributed by atoms with E-state index in [1.54, 1.807) is 0 Å². The van der Waals surface area contributed by atoms with E-state index in [1.807, 2.05) is 41.3 Å². The summed E-state index contributed by atoms with van der Waals surface area (Å²) in [6.07, 6.45) is 2.12. The molecule has 3 rings (SSSR count). The molecule has 0 bridgehead atoms. The van der Waals surface area contributed by atoms with Gasteiger partial charge < -0.3 is 15.1 Å². The van der Waals surface area contributed by atoms with E-state index in [9.17, 15) is 4.79 Å². The van der Waals surface area contributed by atoms with E-state index in [-0.39, 0.29) is 12.1 Å². The van der Waals surface area contributed by atoms with Crippen LogP contribution in [-0.4, -0.2) is 42.0 Å². The smallest absolute Gasteiger partial charge is 0.313 e. The Morgan fingerprint density at radius 2 is 1.65 bits per heavy atom. The van der Waals surface area contributed by atoms with E-state index < -0.39 is 0 Å². The summed E-state index contributed by atoms with van der Waals surface area (Å²) in [5.74, 6) is 0. The van der Waals surface area contributed by atoms with Crippen LogP contribution in [0.4, 0.5) is 10.5 Å². The van der Waals surface area contributed by atoms with Crippen molar-refractivity contribution in [1.82, 2.24) is 9.80 Å². The third kappa shape index (κ3) is 4.07. The molecule has 2 aromatic rings. The van der Waals surface area contributed by atoms with Gasteiger partial charge in [-0.2, -0.15) is 0 Å². The van der Waals surface area contributed by atoms with Crippen molar-refractivity contribution in [3.63, 3.8) is 0 Å². The van der Waals surface area contributed by atoms with Crippen LogP contribution in [0, 0.1) is 0 Å². The first-order valence-electron chi connectivity index (χ1n) is 9.68. The number of nitrogens with one attached hydrogen (secondary N) is 1. The van der Waals surface area contributed by atoms with Crippen molar-refractivity contribution in [3.8, 4) is 0 Å². The van der Waals surface area contributed by atoms with Crippen molar-refractivity contribution < 1.29 is 4.79 Å². The fourth-order valence-electron chi connectivity index (χ4n) is 3.70. The molecule has 1 atom stereocenters. The Labute approximate surface area is 156 Å². The lowest BCUT2D eigenvalue weighted by Crippen LogP contribution is -2.43. The van der Waals surface area contributed by atoms with Crippen molar-refractivity contribution in [3.05, 3.63) is 65.7 Å². The Hall–Kier alpha value is -2.33. The van der Waals surface area contributed by atoms with Gasteiger partial charge in [-0.25, -0.2) is 4.79 Å². The lowest BCUT2D eigenvalue weighted by atomic mass is 9.94. The molecule has 1 aliphatic rings. The van der Waals surface area contributed by atoms with E-state index in [4.69, 9.17) is 0 Å². The third-order valence-electron chi connectivity index (χ3n) is 5.20. The molecule has 0 saturated carbocycles. The Morgan fingerprint density at radius 1 is 0.962 bits per heavy atom. The molecule has 0 fully saturated rings. The maximum atomic E-state index is 12.8. The number of unbranched alkanes of at least 4 members (excludes halogenated alkanes) is 1. The predicted octanol–water partition coefficient (Wildman–Crippen LogP) is 4.75. The van der Waals surface area contributed by atoms with Crippen LogP contribution < -0.4 is 5.32 Å². The Morgan fingerprint density at radius 3 is 2.38 bits per heavy atom. The zero-order chi connectivity index (χ0) is 18.4. The summed E-state index contributed by atoms with van der Waals surface area (Å²) in [6.45, 7) is 8.42. The van der Waals surface area contributed by atoms with Gasteiger partial charge in [0.2, 0.25) is 0 Å². The summed E-state index contributed by atoms with van der Waals surface area (Å²) in [4.78, 5) is 17.2. The van der Waals surface area contributed by atoms with Gasteiger partial charge in [0.25, 0.3) is 0 Å². The van der Waals surface area contributed by atoms with Crippen LogP contribution in [0.3, 0.4) is 0 Å². The highest BCUT2D eigenvalue weighted by Crippen LogP contribution is 2.37. The Bertz CT molecular complexity index is 712. The van der Waals surface area contributed by atoms with E-state index in [2.05, 4.69) is 42.3 Å². The van der Waals surface area contributed by atoms with Crippen LogP contribution in [0.2, 0.25) is 0 Å². The summed E-state index contributed by atoms with van der Waals surface area (Å²) in [5.41, 5.74) is 3.26. The Kier molecular flexibility index (Phi) is 6.29. The van der Waals surface area contributed by atoms with Crippen LogP contribution in [0.5, 0.6) is 0 Å². The molecule has 138 valence electrons. The molecular weight excluding hydrogens is 322 g/mol. The molecule has 2 amide bonds. The first-order valence-corrected chi connectivity index (χ1v) is 9.68. The number of urea groups is 1. The van der Waals surface area contributed by atoms with Gasteiger partial charge >= 0.3 is 6.03 Å². The molecule has 1 N–H and O–H groups in total. The number of nitrogens with zero attached hydrogens (tertiary/aromatic N) is 2. The number of amides is 2. The third-order valence-corrected chi connectivity index (χ3v) is 5.20. The van der Waals surface area contributed by atoms with E-state index in [1.165, 1.54) is 11.1 Å². The topological polar surface area (TPSA) is 35.6 Å². The predicted molar refractivity (Wildman–Crippen MR) is 107 cm³/mol. The van der Waals surface area contributed by atoms with Crippen LogP contribution in [0.15, 0.2) is 54.6 Å². The number of benzene rings is 2. The summed E-state index contributed by atoms with van der Waals surface area (Å²) in [6, 6.07) is 18.4. The number of hydrogen-bond acceptors (Lipinski definition) is 2. The second-order valence-electron chi connectivity index (χ2n) is 6.76. The molecule has 0 saturated heterocycles. The van der Waals surface area contributed by atoms with Crippen molar-refractivity contribution in [2.75, 3.05) is 31.5 Å². The molecule has 0 radical (unpaired) electrons. The van der Waals surface area contributed by atoms with Crippen molar-refractivity contribution >= 4 is 11.7 Å². The number of hydrogen-bond donors (Lipinski definition) is 1. The molecule has 0 aliphatic carbocycles. The number of anilines is 1. The van der Waals surface area contributed by atoms with E-state index >= 15 is 0 Å². The van der Waals surface area contributed by atoms with Gasteiger partial charge in [-0.05, 0) is 44.1 Å². The van der Waals surface area contributed by atoms with E-state index in [0.717, 1.165) is 44.7 Å². The molecule has 1 aliphatic heterocycles. The van der Waals surface area contributed by atoms with Gasteiger partial charge in [-0.3, -0.25) is 0 Å². The number of para-hydroxylation sites is 1. The normalized spacial score (nSPS) is 16.5. The number of fused-ring (bicyclic) bond motifs is 1. The highest BCUT2D eigenvalue weighted by Gasteiger charge is 2.32. The monoisotopic (exact) mass is 351 g/mol. The van der Waals surface area contributed by atoms with Crippen molar-refractivity contribution in [1.29, 1.82) is 0 Å². The lowest BCUT2D eigenvalue weighted by molar-refractivity contribution is 0.191. The van der Waals surface area contributed by atoms with Crippen LogP contribution in [0.1, 0.15) is 43.9 Å². The summed E-state index contributed by atoms with van der Waals surface area (Å²) >= 11 is 0. The lowest BCUT2D eigenvalue weighted by Gasteiger charge is -2.38. The molecule has 4 heteroatoms. The second kappa shape index (κ2) is 8.86. The second-order valence-corrected chi connectivity index (χ2v) is 6.76. The minimum Gasteiger partial charge on any atom is -0.313 e. The summed E-state index contributed by atoms with van der Waals surface area (Å²) in [7, 11) is 0. The Balaban J connectivity index is 1.77.